The Balaban J connectivity index is 1.54. The molecule has 2 aromatic heterocycles. The molecule has 1 aliphatic rings. The van der Waals surface area contributed by atoms with Crippen molar-refractivity contribution in [1.29, 1.82) is 0 Å². The van der Waals surface area contributed by atoms with Gasteiger partial charge in [0.05, 0.1) is 22.4 Å². The van der Waals surface area contributed by atoms with Crippen molar-refractivity contribution >= 4 is 46.1 Å². The molecule has 0 saturated heterocycles. The van der Waals surface area contributed by atoms with Crippen molar-refractivity contribution in [2.24, 2.45) is 5.10 Å². The van der Waals surface area contributed by atoms with E-state index in [1.807, 2.05) is 47.8 Å². The number of thioether (sulfide) groups is 1. The first kappa shape index (κ1) is 16.6. The van der Waals surface area contributed by atoms with Crippen molar-refractivity contribution < 1.29 is 4.79 Å². The minimum absolute atomic E-state index is 0.0148. The van der Waals surface area contributed by atoms with Gasteiger partial charge in [-0.05, 0) is 35.0 Å². The zero-order valence-corrected chi connectivity index (χ0v) is 15.8. The normalized spacial score (nSPS) is 16.9. The molecule has 1 amide bonds. The first-order valence-electron chi connectivity index (χ1n) is 7.96. The highest BCUT2D eigenvalue weighted by Gasteiger charge is 2.33. The van der Waals surface area contributed by atoms with E-state index >= 15 is 0 Å². The van der Waals surface area contributed by atoms with Gasteiger partial charge < -0.3 is 0 Å². The largest absolute Gasteiger partial charge is 0.272 e. The summed E-state index contributed by atoms with van der Waals surface area (Å²) in [5.41, 5.74) is 1.01. The number of rotatable bonds is 5. The maximum Gasteiger partial charge on any atom is 0.253 e. The van der Waals surface area contributed by atoms with E-state index in [0.29, 0.717) is 5.75 Å². The van der Waals surface area contributed by atoms with Crippen LogP contribution in [0, 0.1) is 0 Å². The van der Waals surface area contributed by atoms with Gasteiger partial charge in [0.2, 0.25) is 0 Å². The molecule has 1 aromatic carbocycles. The molecule has 0 saturated carbocycles. The molecular formula is C19H16N2OS3. The summed E-state index contributed by atoms with van der Waals surface area (Å²) in [6, 6.07) is 18.3. The van der Waals surface area contributed by atoms with Crippen LogP contribution in [0.5, 0.6) is 0 Å². The van der Waals surface area contributed by atoms with Crippen molar-refractivity contribution in [2.45, 2.75) is 17.4 Å². The van der Waals surface area contributed by atoms with E-state index in [4.69, 9.17) is 0 Å². The van der Waals surface area contributed by atoms with Crippen LogP contribution in [0.3, 0.4) is 0 Å². The molecule has 0 fully saturated rings. The molecule has 1 aliphatic heterocycles. The average Bonchev–Trinajstić information content (AvgIpc) is 3.40. The Hall–Kier alpha value is -1.89. The van der Waals surface area contributed by atoms with Crippen LogP contribution in [0.25, 0.3) is 0 Å². The molecule has 3 aromatic rings. The molecule has 0 radical (unpaired) electrons. The van der Waals surface area contributed by atoms with E-state index in [0.717, 1.165) is 21.9 Å². The lowest BCUT2D eigenvalue weighted by atomic mass is 10.1. The van der Waals surface area contributed by atoms with Crippen LogP contribution in [-0.2, 0) is 4.79 Å². The Labute approximate surface area is 159 Å². The monoisotopic (exact) mass is 384 g/mol. The van der Waals surface area contributed by atoms with E-state index in [9.17, 15) is 4.79 Å². The second kappa shape index (κ2) is 7.56. The fourth-order valence-corrected chi connectivity index (χ4v) is 5.07. The Morgan fingerprint density at radius 3 is 2.60 bits per heavy atom. The Bertz CT molecular complexity index is 857. The summed E-state index contributed by atoms with van der Waals surface area (Å²) in [5, 5.41) is 10.5. The van der Waals surface area contributed by atoms with Gasteiger partial charge in [-0.3, -0.25) is 4.79 Å². The number of nitrogens with zero attached hydrogens (tertiary/aromatic N) is 2. The van der Waals surface area contributed by atoms with Crippen LogP contribution in [0.4, 0.5) is 0 Å². The van der Waals surface area contributed by atoms with E-state index in [1.54, 1.807) is 39.4 Å². The summed E-state index contributed by atoms with van der Waals surface area (Å²) in [5.74, 6) is 0.450. The summed E-state index contributed by atoms with van der Waals surface area (Å²) in [4.78, 5) is 16.3. The minimum atomic E-state index is 0.0148. The second-order valence-corrected chi connectivity index (χ2v) is 8.58. The molecule has 6 heteroatoms. The van der Waals surface area contributed by atoms with Crippen molar-refractivity contribution in [3.05, 3.63) is 75.1 Å². The van der Waals surface area contributed by atoms with E-state index in [1.165, 1.54) is 4.88 Å². The minimum Gasteiger partial charge on any atom is -0.272 e. The first-order valence-corrected chi connectivity index (χ1v) is 10.7. The predicted molar refractivity (Wildman–Crippen MR) is 107 cm³/mol. The molecule has 126 valence electrons. The molecule has 1 atom stereocenters. The summed E-state index contributed by atoms with van der Waals surface area (Å²) in [6.45, 7) is 0. The van der Waals surface area contributed by atoms with Crippen molar-refractivity contribution in [3.63, 3.8) is 0 Å². The Kier molecular flexibility index (Phi) is 5.01. The highest BCUT2D eigenvalue weighted by atomic mass is 32.2. The van der Waals surface area contributed by atoms with Gasteiger partial charge in [-0.25, -0.2) is 5.01 Å². The molecule has 0 bridgehead atoms. The lowest BCUT2D eigenvalue weighted by Crippen LogP contribution is -2.28. The molecular weight excluding hydrogens is 368 g/mol. The average molecular weight is 385 g/mol. The van der Waals surface area contributed by atoms with E-state index in [2.05, 4.69) is 22.6 Å². The number of carbonyl (C=O) groups excluding carboxylic acids is 1. The van der Waals surface area contributed by atoms with Crippen LogP contribution >= 0.6 is 34.4 Å². The quantitative estimate of drug-likeness (QED) is 0.561. The van der Waals surface area contributed by atoms with Gasteiger partial charge in [-0.15, -0.1) is 34.4 Å². The number of hydrogen-bond donors (Lipinski definition) is 0. The second-order valence-electron chi connectivity index (χ2n) is 5.60. The smallest absolute Gasteiger partial charge is 0.253 e. The highest BCUT2D eigenvalue weighted by Crippen LogP contribution is 2.36. The SMILES string of the molecule is O=C(CSc1ccccc1)N1N=C(c2cccs2)C[C@@H]1c1cccs1. The molecule has 0 spiro atoms. The van der Waals surface area contributed by atoms with Gasteiger partial charge in [0.1, 0.15) is 0 Å². The third kappa shape index (κ3) is 3.71. The summed E-state index contributed by atoms with van der Waals surface area (Å²) in [7, 11) is 0. The molecule has 0 aliphatic carbocycles. The van der Waals surface area contributed by atoms with Gasteiger partial charge in [0.25, 0.3) is 5.91 Å². The maximum absolute atomic E-state index is 12.8. The molecule has 0 unspecified atom stereocenters. The topological polar surface area (TPSA) is 32.7 Å². The van der Waals surface area contributed by atoms with Crippen molar-refractivity contribution in [3.8, 4) is 0 Å². The molecule has 25 heavy (non-hydrogen) atoms. The van der Waals surface area contributed by atoms with Crippen LogP contribution in [0.15, 0.2) is 75.4 Å². The molecule has 4 rings (SSSR count). The van der Waals surface area contributed by atoms with Gasteiger partial charge in [0.15, 0.2) is 0 Å². The van der Waals surface area contributed by atoms with Gasteiger partial charge in [-0.1, -0.05) is 30.3 Å². The third-order valence-corrected chi connectivity index (χ3v) is 6.84. The van der Waals surface area contributed by atoms with Gasteiger partial charge in [0, 0.05) is 16.2 Å². The highest BCUT2D eigenvalue weighted by molar-refractivity contribution is 8.00. The summed E-state index contributed by atoms with van der Waals surface area (Å²) in [6.07, 6.45) is 0.781. The maximum atomic E-state index is 12.8. The number of hydrazone groups is 1. The summed E-state index contributed by atoms with van der Waals surface area (Å²) >= 11 is 4.92. The van der Waals surface area contributed by atoms with Gasteiger partial charge in [-0.2, -0.15) is 5.10 Å². The Morgan fingerprint density at radius 2 is 1.88 bits per heavy atom. The van der Waals surface area contributed by atoms with Crippen LogP contribution < -0.4 is 0 Å². The third-order valence-electron chi connectivity index (χ3n) is 3.95. The zero-order valence-electron chi connectivity index (χ0n) is 13.4. The summed E-state index contributed by atoms with van der Waals surface area (Å²) < 4.78 is 0. The van der Waals surface area contributed by atoms with Crippen molar-refractivity contribution in [2.75, 3.05) is 5.75 Å². The molecule has 0 N–H and O–H groups in total. The molecule has 3 nitrogen and oxygen atoms in total. The standard InChI is InChI=1S/C19H16N2OS3/c22-19(13-25-14-6-2-1-3-7-14)21-16(18-9-5-11-24-18)12-15(20-21)17-8-4-10-23-17/h1-11,16H,12-13H2/t16-/m1/s1. The number of benzene rings is 1. The van der Waals surface area contributed by atoms with Crippen LogP contribution in [-0.4, -0.2) is 22.4 Å². The lowest BCUT2D eigenvalue weighted by Gasteiger charge is -2.20. The van der Waals surface area contributed by atoms with E-state index < -0.39 is 0 Å². The Morgan fingerprint density at radius 1 is 1.08 bits per heavy atom. The number of carbonyl (C=O) groups is 1. The zero-order chi connectivity index (χ0) is 17.1. The van der Waals surface area contributed by atoms with Gasteiger partial charge >= 0.3 is 0 Å². The van der Waals surface area contributed by atoms with E-state index in [-0.39, 0.29) is 11.9 Å². The number of hydrogen-bond acceptors (Lipinski definition) is 5. The predicted octanol–water partition coefficient (Wildman–Crippen LogP) is 5.28. The number of amides is 1. The first-order chi connectivity index (χ1) is 12.3. The van der Waals surface area contributed by atoms with Crippen molar-refractivity contribution in [1.82, 2.24) is 5.01 Å². The molecule has 3 heterocycles. The van der Waals surface area contributed by atoms with Crippen LogP contribution in [0.1, 0.15) is 22.2 Å². The number of thiophene rings is 2. The lowest BCUT2D eigenvalue weighted by molar-refractivity contribution is -0.130. The fourth-order valence-electron chi connectivity index (χ4n) is 2.76. The fraction of sp³-hybridized carbons (Fsp3) is 0.158. The van der Waals surface area contributed by atoms with Crippen LogP contribution in [0.2, 0.25) is 0 Å².